The zero-order chi connectivity index (χ0) is 14.5. The Labute approximate surface area is 115 Å². The van der Waals surface area contributed by atoms with Gasteiger partial charge in [-0.2, -0.15) is 5.10 Å². The minimum atomic E-state index is -0.472. The third-order valence-corrected chi connectivity index (χ3v) is 2.57. The van der Waals surface area contributed by atoms with Crippen LogP contribution in [0.3, 0.4) is 0 Å². The highest BCUT2D eigenvalue weighted by molar-refractivity contribution is 6.01. The number of ether oxygens (including phenoxy) is 1. The summed E-state index contributed by atoms with van der Waals surface area (Å²) in [4.78, 5) is 11.6. The van der Waals surface area contributed by atoms with Gasteiger partial charge in [0.05, 0.1) is 7.11 Å². The van der Waals surface area contributed by atoms with E-state index in [1.165, 1.54) is 31.4 Å². The molecule has 0 saturated heterocycles. The Morgan fingerprint density at radius 1 is 1.45 bits per heavy atom. The van der Waals surface area contributed by atoms with E-state index in [-0.39, 0.29) is 11.7 Å². The molecular formula is C14H14FN3O2. The number of nitrogens with zero attached hydrogens (tertiary/aromatic N) is 2. The molecule has 1 amide bonds. The summed E-state index contributed by atoms with van der Waals surface area (Å²) in [7, 11) is 3.15. The third-order valence-electron chi connectivity index (χ3n) is 2.57. The van der Waals surface area contributed by atoms with Gasteiger partial charge in [-0.05, 0) is 23.8 Å². The quantitative estimate of drug-likeness (QED) is 0.870. The van der Waals surface area contributed by atoms with Crippen LogP contribution < -0.4 is 10.1 Å². The highest BCUT2D eigenvalue weighted by atomic mass is 19.1. The van der Waals surface area contributed by atoms with E-state index in [2.05, 4.69) is 10.4 Å². The molecule has 1 N–H and O–H groups in total. The number of anilines is 1. The summed E-state index contributed by atoms with van der Waals surface area (Å²) in [6, 6.07) is 6.14. The number of aromatic nitrogens is 2. The molecule has 0 fully saturated rings. The Bertz CT molecular complexity index is 650. The van der Waals surface area contributed by atoms with Gasteiger partial charge in [0.2, 0.25) is 5.91 Å². The normalized spacial score (nSPS) is 10.8. The SMILES string of the molecule is COc1ccc(C=CC(=O)Nc2ccn(C)n2)cc1F. The van der Waals surface area contributed by atoms with Crippen LogP contribution in [-0.2, 0) is 11.8 Å². The summed E-state index contributed by atoms with van der Waals surface area (Å²) in [5.74, 6) is -0.178. The lowest BCUT2D eigenvalue weighted by atomic mass is 10.2. The van der Waals surface area contributed by atoms with Gasteiger partial charge in [-0.1, -0.05) is 6.07 Å². The first-order valence-electron chi connectivity index (χ1n) is 5.91. The molecule has 1 heterocycles. The number of hydrogen-bond acceptors (Lipinski definition) is 3. The van der Waals surface area contributed by atoms with Gasteiger partial charge in [0.15, 0.2) is 17.4 Å². The summed E-state index contributed by atoms with van der Waals surface area (Å²) in [6.45, 7) is 0. The Balaban J connectivity index is 2.01. The Hall–Kier alpha value is -2.63. The molecule has 20 heavy (non-hydrogen) atoms. The van der Waals surface area contributed by atoms with Gasteiger partial charge in [0, 0.05) is 25.4 Å². The first-order chi connectivity index (χ1) is 9.58. The van der Waals surface area contributed by atoms with E-state index in [1.54, 1.807) is 30.1 Å². The zero-order valence-electron chi connectivity index (χ0n) is 11.1. The molecule has 0 aliphatic carbocycles. The number of rotatable bonds is 4. The number of carbonyl (C=O) groups is 1. The van der Waals surface area contributed by atoms with Crippen LogP contribution in [0, 0.1) is 5.82 Å². The molecule has 104 valence electrons. The lowest BCUT2D eigenvalue weighted by Crippen LogP contribution is -2.08. The van der Waals surface area contributed by atoms with Crippen LogP contribution in [0.25, 0.3) is 6.08 Å². The average Bonchev–Trinajstić information content (AvgIpc) is 2.82. The fraction of sp³-hybridized carbons (Fsp3) is 0.143. The van der Waals surface area contributed by atoms with Crippen molar-refractivity contribution in [3.05, 3.63) is 47.9 Å². The van der Waals surface area contributed by atoms with Crippen LogP contribution in [0.15, 0.2) is 36.5 Å². The van der Waals surface area contributed by atoms with Crippen molar-refractivity contribution in [2.75, 3.05) is 12.4 Å². The lowest BCUT2D eigenvalue weighted by molar-refractivity contribution is -0.111. The van der Waals surface area contributed by atoms with E-state index in [9.17, 15) is 9.18 Å². The highest BCUT2D eigenvalue weighted by Gasteiger charge is 2.03. The lowest BCUT2D eigenvalue weighted by Gasteiger charge is -2.02. The first-order valence-corrected chi connectivity index (χ1v) is 5.91. The predicted octanol–water partition coefficient (Wildman–Crippen LogP) is 2.22. The van der Waals surface area contributed by atoms with Gasteiger partial charge in [-0.15, -0.1) is 0 Å². The minimum absolute atomic E-state index is 0.167. The predicted molar refractivity (Wildman–Crippen MR) is 73.8 cm³/mol. The minimum Gasteiger partial charge on any atom is -0.494 e. The van der Waals surface area contributed by atoms with Gasteiger partial charge in [-0.3, -0.25) is 9.48 Å². The van der Waals surface area contributed by atoms with Crippen molar-refractivity contribution < 1.29 is 13.9 Å². The van der Waals surface area contributed by atoms with Crippen LogP contribution in [0.5, 0.6) is 5.75 Å². The summed E-state index contributed by atoms with van der Waals surface area (Å²) < 4.78 is 19.9. The van der Waals surface area contributed by atoms with Crippen LogP contribution in [-0.4, -0.2) is 22.8 Å². The maximum absolute atomic E-state index is 13.5. The number of aryl methyl sites for hydroxylation is 1. The molecule has 0 aliphatic rings. The number of halogens is 1. The van der Waals surface area contributed by atoms with Crippen LogP contribution in [0.4, 0.5) is 10.2 Å². The topological polar surface area (TPSA) is 56.1 Å². The summed E-state index contributed by atoms with van der Waals surface area (Å²) in [5, 5.41) is 6.61. The van der Waals surface area contributed by atoms with Crippen molar-refractivity contribution >= 4 is 17.8 Å². The van der Waals surface area contributed by atoms with Gasteiger partial charge in [0.1, 0.15) is 0 Å². The fourth-order valence-corrected chi connectivity index (χ4v) is 1.61. The second-order valence-electron chi connectivity index (χ2n) is 4.09. The molecule has 2 aromatic rings. The number of carbonyl (C=O) groups excluding carboxylic acids is 1. The van der Waals surface area contributed by atoms with Crippen molar-refractivity contribution in [2.24, 2.45) is 7.05 Å². The first kappa shape index (κ1) is 13.8. The zero-order valence-corrected chi connectivity index (χ0v) is 11.1. The number of benzene rings is 1. The van der Waals surface area contributed by atoms with Crippen molar-refractivity contribution in [2.45, 2.75) is 0 Å². The number of methoxy groups -OCH3 is 1. The van der Waals surface area contributed by atoms with Gasteiger partial charge in [0.25, 0.3) is 0 Å². The van der Waals surface area contributed by atoms with E-state index in [0.29, 0.717) is 11.4 Å². The van der Waals surface area contributed by atoms with Gasteiger partial charge >= 0.3 is 0 Å². The molecule has 1 aromatic heterocycles. The molecule has 2 rings (SSSR count). The van der Waals surface area contributed by atoms with Crippen LogP contribution in [0.1, 0.15) is 5.56 Å². The third kappa shape index (κ3) is 3.44. The Kier molecular flexibility index (Phi) is 4.14. The van der Waals surface area contributed by atoms with Crippen LogP contribution in [0.2, 0.25) is 0 Å². The fourth-order valence-electron chi connectivity index (χ4n) is 1.61. The summed E-state index contributed by atoms with van der Waals surface area (Å²) in [6.07, 6.45) is 4.55. The largest absolute Gasteiger partial charge is 0.494 e. The Morgan fingerprint density at radius 3 is 2.85 bits per heavy atom. The molecular weight excluding hydrogens is 261 g/mol. The number of amides is 1. The molecule has 0 radical (unpaired) electrons. The van der Waals surface area contributed by atoms with Crippen molar-refractivity contribution in [3.8, 4) is 5.75 Å². The van der Waals surface area contributed by atoms with Crippen LogP contribution >= 0.6 is 0 Å². The highest BCUT2D eigenvalue weighted by Crippen LogP contribution is 2.18. The molecule has 5 nitrogen and oxygen atoms in total. The monoisotopic (exact) mass is 275 g/mol. The van der Waals surface area contributed by atoms with E-state index >= 15 is 0 Å². The molecule has 1 aromatic carbocycles. The maximum Gasteiger partial charge on any atom is 0.249 e. The van der Waals surface area contributed by atoms with E-state index in [0.717, 1.165) is 0 Å². The molecule has 0 unspecified atom stereocenters. The van der Waals surface area contributed by atoms with E-state index in [4.69, 9.17) is 4.74 Å². The molecule has 6 heteroatoms. The molecule has 0 bridgehead atoms. The average molecular weight is 275 g/mol. The Morgan fingerprint density at radius 2 is 2.25 bits per heavy atom. The van der Waals surface area contributed by atoms with Crippen molar-refractivity contribution in [1.29, 1.82) is 0 Å². The smallest absolute Gasteiger partial charge is 0.249 e. The molecule has 0 aliphatic heterocycles. The summed E-state index contributed by atoms with van der Waals surface area (Å²) in [5.41, 5.74) is 0.569. The maximum atomic E-state index is 13.5. The molecule has 0 atom stereocenters. The van der Waals surface area contributed by atoms with Crippen molar-refractivity contribution in [1.82, 2.24) is 9.78 Å². The summed E-state index contributed by atoms with van der Waals surface area (Å²) >= 11 is 0. The standard InChI is InChI=1S/C14H14FN3O2/c1-18-8-7-13(17-18)16-14(19)6-4-10-3-5-12(20-2)11(15)9-10/h3-9H,1-2H3,(H,16,17,19). The van der Waals surface area contributed by atoms with Gasteiger partial charge in [-0.25, -0.2) is 4.39 Å². The second kappa shape index (κ2) is 6.01. The second-order valence-corrected chi connectivity index (χ2v) is 4.09. The van der Waals surface area contributed by atoms with Crippen molar-refractivity contribution in [3.63, 3.8) is 0 Å². The molecule has 0 saturated carbocycles. The number of nitrogens with one attached hydrogen (secondary N) is 1. The number of hydrogen-bond donors (Lipinski definition) is 1. The van der Waals surface area contributed by atoms with E-state index < -0.39 is 5.82 Å². The van der Waals surface area contributed by atoms with Gasteiger partial charge < -0.3 is 10.1 Å². The van der Waals surface area contributed by atoms with E-state index in [1.807, 2.05) is 0 Å². The molecule has 0 spiro atoms.